The summed E-state index contributed by atoms with van der Waals surface area (Å²) in [7, 11) is -1.64. The minimum Gasteiger partial charge on any atom is -0.437 e. The van der Waals surface area contributed by atoms with Gasteiger partial charge in [-0.05, 0) is 91.5 Å². The van der Waals surface area contributed by atoms with Crippen molar-refractivity contribution >= 4 is 41.0 Å². The van der Waals surface area contributed by atoms with Crippen LogP contribution in [0.2, 0.25) is 19.6 Å². The van der Waals surface area contributed by atoms with Crippen LogP contribution in [0.5, 0.6) is 0 Å². The molecular weight excluding hydrogens is 639 g/mol. The maximum absolute atomic E-state index is 6.78. The molecule has 8 rings (SSSR count). The largest absolute Gasteiger partial charge is 0.437 e. The Morgan fingerprint density at radius 1 is 0.941 bits per heavy atom. The first-order chi connectivity index (χ1) is 24.5. The molecule has 0 spiro atoms. The van der Waals surface area contributed by atoms with Crippen LogP contribution in [-0.2, 0) is 6.42 Å². The van der Waals surface area contributed by atoms with Crippen molar-refractivity contribution in [3.8, 4) is 22.5 Å². The predicted molar refractivity (Wildman–Crippen MR) is 214 cm³/mol. The summed E-state index contributed by atoms with van der Waals surface area (Å²) in [5, 5.41) is 3.78. The molecule has 51 heavy (non-hydrogen) atoms. The molecule has 2 aliphatic rings. The Kier molecular flexibility index (Phi) is 8.41. The zero-order chi connectivity index (χ0) is 35.8. The van der Waals surface area contributed by atoms with Gasteiger partial charge < -0.3 is 4.42 Å². The van der Waals surface area contributed by atoms with Gasteiger partial charge in [-0.1, -0.05) is 77.7 Å². The van der Waals surface area contributed by atoms with E-state index in [4.69, 9.17) is 16.0 Å². The quantitative estimate of drug-likeness (QED) is 0.133. The molecule has 2 aromatic carbocycles. The molecular formula is C46H53N3OSi+2. The van der Waals surface area contributed by atoms with Gasteiger partial charge in [0.15, 0.2) is 29.7 Å². The van der Waals surface area contributed by atoms with Crippen LogP contribution in [0.15, 0.2) is 90.1 Å². The zero-order valence-electron chi connectivity index (χ0n) is 31.8. The molecule has 0 saturated heterocycles. The molecule has 6 aromatic rings. The number of aryl methyl sites for hydroxylation is 2. The van der Waals surface area contributed by atoms with Gasteiger partial charge in [0.05, 0.1) is 20.1 Å². The van der Waals surface area contributed by atoms with Crippen molar-refractivity contribution in [2.24, 2.45) is 0 Å². The lowest BCUT2D eigenvalue weighted by molar-refractivity contribution is -0.719. The van der Waals surface area contributed by atoms with Crippen molar-refractivity contribution in [1.82, 2.24) is 4.98 Å². The first-order valence-corrected chi connectivity index (χ1v) is 22.7. The summed E-state index contributed by atoms with van der Waals surface area (Å²) in [4.78, 5) is 4.83. The molecule has 2 atom stereocenters. The average Bonchev–Trinajstić information content (AvgIpc) is 3.48. The van der Waals surface area contributed by atoms with Crippen LogP contribution < -0.4 is 14.3 Å². The van der Waals surface area contributed by atoms with Crippen molar-refractivity contribution in [1.29, 1.82) is 0 Å². The molecule has 260 valence electrons. The summed E-state index contributed by atoms with van der Waals surface area (Å²) < 4.78 is 11.8. The minimum absolute atomic E-state index is 0.251. The molecule has 4 nitrogen and oxygen atoms in total. The Labute approximate surface area is 304 Å². The molecule has 0 amide bonds. The van der Waals surface area contributed by atoms with Crippen LogP contribution in [0.25, 0.3) is 50.3 Å². The van der Waals surface area contributed by atoms with Crippen LogP contribution in [-0.4, -0.2) is 13.1 Å². The van der Waals surface area contributed by atoms with E-state index < -0.39 is 8.07 Å². The second-order valence-corrected chi connectivity index (χ2v) is 21.6. The maximum Gasteiger partial charge on any atom is 0.227 e. The fraction of sp³-hybridized carbons (Fsp3) is 0.370. The smallest absolute Gasteiger partial charge is 0.227 e. The molecule has 0 aliphatic carbocycles. The fourth-order valence-corrected chi connectivity index (χ4v) is 11.0. The van der Waals surface area contributed by atoms with Gasteiger partial charge in [-0.3, -0.25) is 0 Å². The third-order valence-electron chi connectivity index (χ3n) is 12.0. The van der Waals surface area contributed by atoms with E-state index in [-0.39, 0.29) is 6.04 Å². The predicted octanol–water partition coefficient (Wildman–Crippen LogP) is 10.9. The van der Waals surface area contributed by atoms with Gasteiger partial charge in [0.25, 0.3) is 0 Å². The SMILES string of the molecule is C=C1CC2C(CCc3ccc4c(oc5nc(C)ccc54)c3-c3cc(C(CC)CC)cc[n+]31)c1ccccc1-c1cc(C(C)C)c([Si](C)(C)C)c[n+]12. The van der Waals surface area contributed by atoms with E-state index in [0.717, 1.165) is 59.9 Å². The van der Waals surface area contributed by atoms with Gasteiger partial charge in [0.2, 0.25) is 17.1 Å². The number of nitrogens with zero attached hydrogens (tertiary/aromatic N) is 3. The molecule has 0 fully saturated rings. The van der Waals surface area contributed by atoms with E-state index in [1.807, 2.05) is 6.92 Å². The summed E-state index contributed by atoms with van der Waals surface area (Å²) >= 11 is 0. The van der Waals surface area contributed by atoms with Crippen LogP contribution in [0.1, 0.15) is 105 Å². The number of rotatable bonds is 5. The highest BCUT2D eigenvalue weighted by Crippen LogP contribution is 2.46. The number of furan rings is 1. The summed E-state index contributed by atoms with van der Waals surface area (Å²) in [6, 6.07) is 25.7. The second-order valence-electron chi connectivity index (χ2n) is 16.5. The van der Waals surface area contributed by atoms with Crippen molar-refractivity contribution in [2.75, 3.05) is 0 Å². The normalized spacial score (nSPS) is 17.3. The van der Waals surface area contributed by atoms with Gasteiger partial charge in [-0.2, -0.15) is 9.13 Å². The Hall–Kier alpha value is -4.35. The standard InChI is InChI=1S/C46H53N3OSi/c1-10-31(11-2)33-22-23-48-30(6)24-40-36(34-14-12-13-15-35(34)41-26-39(28(3)4)43(27-49(40)41)51(7,8)9)20-17-32-18-21-37-38-19-16-29(5)47-46(38)50-45(37)44(32)42(48)25-33/h12-16,18-19,21-23,25-28,31,36,40H,6,10-11,17,20,24H2,1-5,7-9H3/q+2. The Bertz CT molecular complexity index is 2340. The zero-order valence-corrected chi connectivity index (χ0v) is 32.8. The first-order valence-electron chi connectivity index (χ1n) is 19.2. The van der Waals surface area contributed by atoms with Gasteiger partial charge in [-0.25, -0.2) is 4.98 Å². The Balaban J connectivity index is 1.39. The number of hydrogen-bond donors (Lipinski definition) is 0. The molecule has 2 aliphatic heterocycles. The van der Waals surface area contributed by atoms with Gasteiger partial charge in [0.1, 0.15) is 0 Å². The molecule has 0 radical (unpaired) electrons. The van der Waals surface area contributed by atoms with Gasteiger partial charge >= 0.3 is 0 Å². The third-order valence-corrected chi connectivity index (χ3v) is 14.0. The highest BCUT2D eigenvalue weighted by Gasteiger charge is 2.44. The van der Waals surface area contributed by atoms with E-state index in [1.165, 1.54) is 44.8 Å². The number of aromatic nitrogens is 3. The molecule has 5 heteroatoms. The maximum atomic E-state index is 6.78. The number of allylic oxidation sites excluding steroid dienone is 1. The summed E-state index contributed by atoms with van der Waals surface area (Å²) in [5.41, 5.74) is 14.5. The van der Waals surface area contributed by atoms with Crippen molar-refractivity contribution in [3.05, 3.63) is 114 Å². The number of benzene rings is 2. The summed E-state index contributed by atoms with van der Waals surface area (Å²) in [6.45, 7) is 23.8. The lowest BCUT2D eigenvalue weighted by atomic mass is 9.77. The number of pyridine rings is 3. The molecule has 0 saturated carbocycles. The number of fused-ring (bicyclic) bond motifs is 13. The second kappa shape index (κ2) is 12.7. The van der Waals surface area contributed by atoms with E-state index in [9.17, 15) is 0 Å². The summed E-state index contributed by atoms with van der Waals surface area (Å²) in [6.07, 6.45) is 9.95. The van der Waals surface area contributed by atoms with E-state index in [2.05, 4.69) is 136 Å². The highest BCUT2D eigenvalue weighted by atomic mass is 28.3. The first kappa shape index (κ1) is 33.8. The topological polar surface area (TPSA) is 33.8 Å². The average molecular weight is 692 g/mol. The molecule has 0 N–H and O–H groups in total. The minimum atomic E-state index is -1.64. The van der Waals surface area contributed by atoms with E-state index in [1.54, 1.807) is 5.19 Å². The van der Waals surface area contributed by atoms with Crippen LogP contribution in [0.3, 0.4) is 0 Å². The lowest BCUT2D eigenvalue weighted by Gasteiger charge is -2.33. The van der Waals surface area contributed by atoms with Crippen LogP contribution >= 0.6 is 0 Å². The van der Waals surface area contributed by atoms with Crippen molar-refractivity contribution in [3.63, 3.8) is 0 Å². The van der Waals surface area contributed by atoms with Crippen LogP contribution in [0, 0.1) is 6.92 Å². The molecule has 0 bridgehead atoms. The van der Waals surface area contributed by atoms with Gasteiger partial charge in [0, 0.05) is 51.3 Å². The Morgan fingerprint density at radius 3 is 2.45 bits per heavy atom. The molecule has 6 heterocycles. The highest BCUT2D eigenvalue weighted by molar-refractivity contribution is 6.89. The van der Waals surface area contributed by atoms with E-state index >= 15 is 0 Å². The summed E-state index contributed by atoms with van der Waals surface area (Å²) in [5.74, 6) is 1.31. The van der Waals surface area contributed by atoms with Crippen molar-refractivity contribution < 1.29 is 13.6 Å². The van der Waals surface area contributed by atoms with Crippen molar-refractivity contribution in [2.45, 2.75) is 110 Å². The number of hydrogen-bond acceptors (Lipinski definition) is 2. The molecule has 2 unspecified atom stereocenters. The third kappa shape index (κ3) is 5.60. The molecule has 4 aromatic heterocycles. The Morgan fingerprint density at radius 2 is 1.71 bits per heavy atom. The van der Waals surface area contributed by atoms with Gasteiger partial charge in [-0.15, -0.1) is 0 Å². The monoisotopic (exact) mass is 691 g/mol. The van der Waals surface area contributed by atoms with E-state index in [0.29, 0.717) is 23.5 Å². The lowest BCUT2D eigenvalue weighted by Crippen LogP contribution is -2.54. The van der Waals surface area contributed by atoms with Crippen LogP contribution in [0.4, 0.5) is 0 Å². The fourth-order valence-electron chi connectivity index (χ4n) is 9.21.